The molecule has 0 bridgehead atoms. The van der Waals surface area contributed by atoms with Crippen LogP contribution in [0.25, 0.3) is 16.2 Å². The summed E-state index contributed by atoms with van der Waals surface area (Å²) >= 11 is 1.53. The van der Waals surface area contributed by atoms with Crippen molar-refractivity contribution in [2.45, 2.75) is 11.8 Å². The number of thiazole rings is 1. The molecule has 0 amide bonds. The van der Waals surface area contributed by atoms with E-state index in [0.717, 1.165) is 28.0 Å². The van der Waals surface area contributed by atoms with Crippen molar-refractivity contribution in [3.8, 4) is 11.3 Å². The summed E-state index contributed by atoms with van der Waals surface area (Å²) in [6, 6.07) is 11.8. The average molecular weight is 414 g/mol. The molecular weight excluding hydrogens is 400 g/mol. The van der Waals surface area contributed by atoms with Crippen LogP contribution in [0.4, 0.5) is 11.4 Å². The van der Waals surface area contributed by atoms with Gasteiger partial charge in [-0.15, -0.1) is 11.3 Å². The van der Waals surface area contributed by atoms with E-state index in [2.05, 4.69) is 9.71 Å². The second-order valence-electron chi connectivity index (χ2n) is 6.10. The third-order valence-electron chi connectivity index (χ3n) is 4.14. The van der Waals surface area contributed by atoms with Gasteiger partial charge in [0.05, 0.1) is 15.5 Å². The van der Waals surface area contributed by atoms with E-state index in [1.165, 1.54) is 29.5 Å². The molecule has 2 aromatic heterocycles. The molecule has 0 saturated heterocycles. The van der Waals surface area contributed by atoms with Crippen molar-refractivity contribution in [2.75, 3.05) is 4.72 Å². The minimum atomic E-state index is -3.97. The molecule has 28 heavy (non-hydrogen) atoms. The Bertz CT molecular complexity index is 1310. The maximum absolute atomic E-state index is 12.6. The van der Waals surface area contributed by atoms with Crippen molar-refractivity contribution in [3.63, 3.8) is 0 Å². The maximum atomic E-state index is 12.6. The number of sulfonamides is 1. The molecule has 0 radical (unpaired) electrons. The van der Waals surface area contributed by atoms with Crippen molar-refractivity contribution in [1.29, 1.82) is 0 Å². The van der Waals surface area contributed by atoms with Gasteiger partial charge in [-0.1, -0.05) is 18.2 Å². The van der Waals surface area contributed by atoms with Crippen molar-refractivity contribution in [1.82, 2.24) is 9.38 Å². The summed E-state index contributed by atoms with van der Waals surface area (Å²) in [5, 5.41) is 12.9. The first-order valence-electron chi connectivity index (χ1n) is 8.14. The van der Waals surface area contributed by atoms with Gasteiger partial charge in [0, 0.05) is 40.7 Å². The molecule has 1 N–H and O–H groups in total. The van der Waals surface area contributed by atoms with Crippen molar-refractivity contribution >= 4 is 37.7 Å². The lowest BCUT2D eigenvalue weighted by molar-refractivity contribution is -0.385. The number of nitro benzene ring substituents is 1. The first kappa shape index (κ1) is 18.1. The van der Waals surface area contributed by atoms with E-state index in [-0.39, 0.29) is 10.6 Å². The lowest BCUT2D eigenvalue weighted by atomic mass is 10.1. The Morgan fingerprint density at radius 2 is 1.96 bits per heavy atom. The summed E-state index contributed by atoms with van der Waals surface area (Å²) in [5.41, 5.74) is 2.62. The number of hydrogen-bond donors (Lipinski definition) is 1. The van der Waals surface area contributed by atoms with Gasteiger partial charge in [-0.3, -0.25) is 19.2 Å². The highest BCUT2D eigenvalue weighted by Crippen LogP contribution is 2.27. The Morgan fingerprint density at radius 1 is 1.18 bits per heavy atom. The number of aromatic nitrogens is 2. The Balaban J connectivity index is 1.66. The van der Waals surface area contributed by atoms with E-state index in [0.29, 0.717) is 5.69 Å². The van der Waals surface area contributed by atoms with Crippen molar-refractivity contribution in [2.24, 2.45) is 0 Å². The summed E-state index contributed by atoms with van der Waals surface area (Å²) in [7, 11) is -3.97. The van der Waals surface area contributed by atoms with E-state index < -0.39 is 14.9 Å². The molecular formula is C18H14N4O4S2. The molecule has 2 heterocycles. The molecule has 0 aliphatic carbocycles. The lowest BCUT2D eigenvalue weighted by Gasteiger charge is -2.09. The molecule has 10 heteroatoms. The largest absolute Gasteiger partial charge is 0.294 e. The molecule has 0 spiro atoms. The van der Waals surface area contributed by atoms with Gasteiger partial charge in [-0.25, -0.2) is 13.4 Å². The van der Waals surface area contributed by atoms with Gasteiger partial charge in [-0.2, -0.15) is 0 Å². The summed E-state index contributed by atoms with van der Waals surface area (Å²) < 4.78 is 29.7. The second kappa shape index (κ2) is 6.73. The molecule has 0 fully saturated rings. The highest BCUT2D eigenvalue weighted by molar-refractivity contribution is 7.92. The number of non-ortho nitro benzene ring substituents is 1. The van der Waals surface area contributed by atoms with E-state index in [4.69, 9.17) is 0 Å². The van der Waals surface area contributed by atoms with Gasteiger partial charge in [0.25, 0.3) is 15.7 Å². The van der Waals surface area contributed by atoms with Gasteiger partial charge in [-0.05, 0) is 25.1 Å². The third-order valence-corrected chi connectivity index (χ3v) is 6.47. The molecule has 142 valence electrons. The fourth-order valence-electron chi connectivity index (χ4n) is 2.75. The van der Waals surface area contributed by atoms with Crippen LogP contribution in [0, 0.1) is 17.0 Å². The van der Waals surface area contributed by atoms with Crippen LogP contribution in [0.15, 0.2) is 65.0 Å². The fourth-order valence-corrected chi connectivity index (χ4v) is 4.69. The molecule has 2 aromatic carbocycles. The molecule has 0 saturated carbocycles. The highest BCUT2D eigenvalue weighted by Gasteiger charge is 2.18. The number of hydrogen-bond acceptors (Lipinski definition) is 6. The molecule has 0 atom stereocenters. The van der Waals surface area contributed by atoms with Gasteiger partial charge >= 0.3 is 0 Å². The zero-order valence-electron chi connectivity index (χ0n) is 14.6. The third kappa shape index (κ3) is 3.35. The molecule has 0 unspecified atom stereocenters. The SMILES string of the molecule is Cc1csc2nc(-c3cccc(NS(=O)(=O)c4cccc([N+](=O)[O-])c4)c3)cn12. The van der Waals surface area contributed by atoms with E-state index in [9.17, 15) is 18.5 Å². The van der Waals surface area contributed by atoms with E-state index in [1.807, 2.05) is 29.0 Å². The number of anilines is 1. The number of fused-ring (bicyclic) bond motifs is 1. The summed E-state index contributed by atoms with van der Waals surface area (Å²) in [4.78, 5) is 15.5. The van der Waals surface area contributed by atoms with E-state index in [1.54, 1.807) is 18.2 Å². The monoisotopic (exact) mass is 414 g/mol. The van der Waals surface area contributed by atoms with Gasteiger partial charge < -0.3 is 0 Å². The van der Waals surface area contributed by atoms with Crippen LogP contribution < -0.4 is 4.72 Å². The van der Waals surface area contributed by atoms with Crippen LogP contribution in [-0.4, -0.2) is 22.7 Å². The fraction of sp³-hybridized carbons (Fsp3) is 0.0556. The zero-order valence-corrected chi connectivity index (χ0v) is 16.2. The molecule has 8 nitrogen and oxygen atoms in total. The topological polar surface area (TPSA) is 107 Å². The molecule has 0 aliphatic rings. The summed E-state index contributed by atoms with van der Waals surface area (Å²) in [5.74, 6) is 0. The molecule has 4 aromatic rings. The van der Waals surface area contributed by atoms with Crippen LogP contribution in [-0.2, 0) is 10.0 Å². The Morgan fingerprint density at radius 3 is 2.71 bits per heavy atom. The average Bonchev–Trinajstić information content (AvgIpc) is 3.24. The summed E-state index contributed by atoms with van der Waals surface area (Å²) in [6.45, 7) is 1.98. The van der Waals surface area contributed by atoms with Crippen molar-refractivity contribution in [3.05, 3.63) is 75.9 Å². The Hall–Kier alpha value is -3.24. The number of imidazole rings is 1. The number of aryl methyl sites for hydroxylation is 1. The molecule has 4 rings (SSSR count). The Kier molecular flexibility index (Phi) is 4.36. The smallest absolute Gasteiger partial charge is 0.270 e. The van der Waals surface area contributed by atoms with Crippen LogP contribution in [0.5, 0.6) is 0 Å². The normalized spacial score (nSPS) is 11.6. The number of nitro groups is 1. The first-order chi connectivity index (χ1) is 13.3. The maximum Gasteiger partial charge on any atom is 0.270 e. The van der Waals surface area contributed by atoms with Crippen LogP contribution in [0.2, 0.25) is 0 Å². The summed E-state index contributed by atoms with van der Waals surface area (Å²) in [6.07, 6.45) is 1.90. The predicted octanol–water partition coefficient (Wildman–Crippen LogP) is 4.08. The highest BCUT2D eigenvalue weighted by atomic mass is 32.2. The van der Waals surface area contributed by atoms with Gasteiger partial charge in [0.15, 0.2) is 4.96 Å². The number of nitrogens with one attached hydrogen (secondary N) is 1. The number of nitrogens with zero attached hydrogens (tertiary/aromatic N) is 3. The molecule has 0 aliphatic heterocycles. The minimum Gasteiger partial charge on any atom is -0.294 e. The standard InChI is InChI=1S/C18H14N4O4S2/c1-12-11-27-18-19-17(10-21(12)18)13-4-2-5-14(8-13)20-28(25,26)16-7-3-6-15(9-16)22(23)24/h2-11,20H,1H3. The predicted molar refractivity (Wildman–Crippen MR) is 107 cm³/mol. The second-order valence-corrected chi connectivity index (χ2v) is 8.62. The minimum absolute atomic E-state index is 0.176. The number of benzene rings is 2. The first-order valence-corrected chi connectivity index (χ1v) is 10.5. The van der Waals surface area contributed by atoms with Gasteiger partial charge in [0.1, 0.15) is 0 Å². The quantitative estimate of drug-likeness (QED) is 0.391. The van der Waals surface area contributed by atoms with Crippen LogP contribution in [0.3, 0.4) is 0 Å². The Labute approximate surface area is 164 Å². The number of rotatable bonds is 5. The van der Waals surface area contributed by atoms with Gasteiger partial charge in [0.2, 0.25) is 0 Å². The van der Waals surface area contributed by atoms with E-state index >= 15 is 0 Å². The van der Waals surface area contributed by atoms with Crippen molar-refractivity contribution < 1.29 is 13.3 Å². The lowest BCUT2D eigenvalue weighted by Crippen LogP contribution is -2.13. The van der Waals surface area contributed by atoms with Crippen LogP contribution in [0.1, 0.15) is 5.69 Å². The van der Waals surface area contributed by atoms with Crippen LogP contribution >= 0.6 is 11.3 Å². The zero-order chi connectivity index (χ0) is 19.9.